The summed E-state index contributed by atoms with van der Waals surface area (Å²) in [6.07, 6.45) is -1.78. The van der Waals surface area contributed by atoms with Gasteiger partial charge in [0.1, 0.15) is 12.2 Å². The van der Waals surface area contributed by atoms with Gasteiger partial charge in [0, 0.05) is 18.3 Å². The predicted molar refractivity (Wildman–Crippen MR) is 70.3 cm³/mol. The van der Waals surface area contributed by atoms with E-state index in [0.29, 0.717) is 12.8 Å². The molecule has 0 saturated heterocycles. The summed E-state index contributed by atoms with van der Waals surface area (Å²) in [5.74, 6) is -0.545. The monoisotopic (exact) mass is 291 g/mol. The third-order valence-corrected chi connectivity index (χ3v) is 3.42. The van der Waals surface area contributed by atoms with Gasteiger partial charge < -0.3 is 15.6 Å². The van der Waals surface area contributed by atoms with Crippen molar-refractivity contribution < 1.29 is 18.0 Å². The lowest BCUT2D eigenvalue weighted by atomic mass is 9.94. The highest BCUT2D eigenvalue weighted by molar-refractivity contribution is 5.92. The van der Waals surface area contributed by atoms with Gasteiger partial charge in [-0.2, -0.15) is 13.2 Å². The minimum Gasteiger partial charge on any atom is -0.349 e. The van der Waals surface area contributed by atoms with Crippen molar-refractivity contribution in [1.82, 2.24) is 9.88 Å². The zero-order valence-corrected chi connectivity index (χ0v) is 11.6. The maximum atomic E-state index is 12.4. The summed E-state index contributed by atoms with van der Waals surface area (Å²) in [6, 6.07) is 2.77. The Morgan fingerprint density at radius 1 is 1.35 bits per heavy atom. The molecular formula is C13H20F3N3O. The van der Waals surface area contributed by atoms with Gasteiger partial charge in [-0.05, 0) is 25.0 Å². The summed E-state index contributed by atoms with van der Waals surface area (Å²) >= 11 is 0. The Morgan fingerprint density at radius 2 is 1.95 bits per heavy atom. The Labute approximate surface area is 116 Å². The summed E-state index contributed by atoms with van der Waals surface area (Å²) in [6.45, 7) is 2.86. The SMILES string of the molecule is CCC(N)(CC)CNC(=O)c1cccn1CC(F)(F)F. The summed E-state index contributed by atoms with van der Waals surface area (Å²) < 4.78 is 38.0. The van der Waals surface area contributed by atoms with Crippen molar-refractivity contribution in [3.8, 4) is 0 Å². The van der Waals surface area contributed by atoms with E-state index in [0.717, 1.165) is 4.57 Å². The van der Waals surface area contributed by atoms with Crippen LogP contribution in [0.25, 0.3) is 0 Å². The fourth-order valence-corrected chi connectivity index (χ4v) is 1.80. The van der Waals surface area contributed by atoms with Gasteiger partial charge in [-0.1, -0.05) is 13.8 Å². The number of carbonyl (C=O) groups excluding carboxylic acids is 1. The molecule has 3 N–H and O–H groups in total. The second-order valence-corrected chi connectivity index (χ2v) is 4.89. The molecule has 1 aromatic heterocycles. The van der Waals surface area contributed by atoms with Gasteiger partial charge in [0.05, 0.1) is 0 Å². The van der Waals surface area contributed by atoms with Gasteiger partial charge in [-0.15, -0.1) is 0 Å². The molecule has 0 unspecified atom stereocenters. The number of hydrogen-bond acceptors (Lipinski definition) is 2. The lowest BCUT2D eigenvalue weighted by Crippen LogP contribution is -2.49. The molecule has 7 heteroatoms. The molecule has 0 aliphatic heterocycles. The minimum absolute atomic E-state index is 0.0168. The molecular weight excluding hydrogens is 271 g/mol. The third kappa shape index (κ3) is 4.56. The summed E-state index contributed by atoms with van der Waals surface area (Å²) in [7, 11) is 0. The van der Waals surface area contributed by atoms with Gasteiger partial charge in [0.15, 0.2) is 0 Å². The molecule has 0 saturated carbocycles. The lowest BCUT2D eigenvalue weighted by molar-refractivity contribution is -0.140. The molecule has 1 heterocycles. The van der Waals surface area contributed by atoms with E-state index in [-0.39, 0.29) is 12.2 Å². The summed E-state index contributed by atoms with van der Waals surface area (Å²) in [4.78, 5) is 11.9. The average Bonchev–Trinajstić information content (AvgIpc) is 2.81. The molecule has 114 valence electrons. The normalized spacial score (nSPS) is 12.5. The number of nitrogens with zero attached hydrogens (tertiary/aromatic N) is 1. The van der Waals surface area contributed by atoms with E-state index in [4.69, 9.17) is 5.73 Å². The number of hydrogen-bond donors (Lipinski definition) is 2. The molecule has 0 atom stereocenters. The average molecular weight is 291 g/mol. The van der Waals surface area contributed by atoms with Gasteiger partial charge in [0.25, 0.3) is 5.91 Å². The van der Waals surface area contributed by atoms with E-state index in [2.05, 4.69) is 5.32 Å². The highest BCUT2D eigenvalue weighted by atomic mass is 19.4. The van der Waals surface area contributed by atoms with Crippen molar-refractivity contribution >= 4 is 5.91 Å². The van der Waals surface area contributed by atoms with Crippen molar-refractivity contribution in [3.05, 3.63) is 24.0 Å². The van der Waals surface area contributed by atoms with E-state index in [1.54, 1.807) is 0 Å². The largest absolute Gasteiger partial charge is 0.406 e. The number of rotatable bonds is 6. The standard InChI is InChI=1S/C13H20F3N3O/c1-3-12(17,4-2)8-18-11(20)10-6-5-7-19(10)9-13(14,15)16/h5-7H,3-4,8-9,17H2,1-2H3,(H,18,20). The first-order valence-corrected chi connectivity index (χ1v) is 6.50. The number of nitrogens with two attached hydrogens (primary N) is 1. The van der Waals surface area contributed by atoms with Crippen LogP contribution in [0.3, 0.4) is 0 Å². The van der Waals surface area contributed by atoms with Crippen molar-refractivity contribution in [2.24, 2.45) is 5.73 Å². The van der Waals surface area contributed by atoms with E-state index >= 15 is 0 Å². The lowest BCUT2D eigenvalue weighted by Gasteiger charge is -2.26. The molecule has 0 fully saturated rings. The molecule has 0 aliphatic rings. The quantitative estimate of drug-likeness (QED) is 0.845. The molecule has 1 aromatic rings. The van der Waals surface area contributed by atoms with E-state index < -0.39 is 24.2 Å². The molecule has 0 radical (unpaired) electrons. The molecule has 4 nitrogen and oxygen atoms in total. The highest BCUT2D eigenvalue weighted by Crippen LogP contribution is 2.19. The van der Waals surface area contributed by atoms with Crippen LogP contribution < -0.4 is 11.1 Å². The Balaban J connectivity index is 2.72. The first kappa shape index (κ1) is 16.6. The van der Waals surface area contributed by atoms with Crippen LogP contribution in [0, 0.1) is 0 Å². The molecule has 0 aromatic carbocycles. The van der Waals surface area contributed by atoms with Gasteiger partial charge in [-0.25, -0.2) is 0 Å². The number of amides is 1. The second kappa shape index (κ2) is 6.30. The maximum Gasteiger partial charge on any atom is 0.406 e. The zero-order chi connectivity index (χ0) is 15.4. The van der Waals surface area contributed by atoms with Gasteiger partial charge >= 0.3 is 6.18 Å². The van der Waals surface area contributed by atoms with Crippen LogP contribution in [0.4, 0.5) is 13.2 Å². The van der Waals surface area contributed by atoms with Gasteiger partial charge in [0.2, 0.25) is 0 Å². The molecule has 0 spiro atoms. The van der Waals surface area contributed by atoms with Crippen LogP contribution >= 0.6 is 0 Å². The molecule has 1 rings (SSSR count). The van der Waals surface area contributed by atoms with Crippen molar-refractivity contribution in [2.45, 2.75) is 44.9 Å². The van der Waals surface area contributed by atoms with E-state index in [1.165, 1.54) is 18.3 Å². The molecule has 0 bridgehead atoms. The summed E-state index contributed by atoms with van der Waals surface area (Å²) in [5, 5.41) is 2.60. The number of nitrogens with one attached hydrogen (secondary N) is 1. The van der Waals surface area contributed by atoms with Crippen LogP contribution in [0.5, 0.6) is 0 Å². The molecule has 20 heavy (non-hydrogen) atoms. The predicted octanol–water partition coefficient (Wildman–Crippen LogP) is 2.30. The van der Waals surface area contributed by atoms with Crippen LogP contribution in [0.15, 0.2) is 18.3 Å². The van der Waals surface area contributed by atoms with E-state index in [9.17, 15) is 18.0 Å². The fourth-order valence-electron chi connectivity index (χ4n) is 1.80. The van der Waals surface area contributed by atoms with Crippen molar-refractivity contribution in [1.29, 1.82) is 0 Å². The Hall–Kier alpha value is -1.50. The topological polar surface area (TPSA) is 60.0 Å². The molecule has 1 amide bonds. The Kier molecular flexibility index (Phi) is 5.21. The smallest absolute Gasteiger partial charge is 0.349 e. The number of carbonyl (C=O) groups is 1. The Morgan fingerprint density at radius 3 is 2.45 bits per heavy atom. The fraction of sp³-hybridized carbons (Fsp3) is 0.615. The van der Waals surface area contributed by atoms with Crippen molar-refractivity contribution in [2.75, 3.05) is 6.54 Å². The van der Waals surface area contributed by atoms with E-state index in [1.807, 2.05) is 13.8 Å². The summed E-state index contributed by atoms with van der Waals surface area (Å²) in [5.41, 5.74) is 5.49. The second-order valence-electron chi connectivity index (χ2n) is 4.89. The van der Waals surface area contributed by atoms with Crippen LogP contribution in [-0.2, 0) is 6.54 Å². The van der Waals surface area contributed by atoms with Crippen LogP contribution in [0.1, 0.15) is 37.2 Å². The zero-order valence-electron chi connectivity index (χ0n) is 11.6. The molecule has 0 aliphatic carbocycles. The van der Waals surface area contributed by atoms with Crippen molar-refractivity contribution in [3.63, 3.8) is 0 Å². The first-order chi connectivity index (χ1) is 9.21. The third-order valence-electron chi connectivity index (χ3n) is 3.42. The number of aromatic nitrogens is 1. The van der Waals surface area contributed by atoms with Crippen LogP contribution in [-0.4, -0.2) is 28.7 Å². The maximum absolute atomic E-state index is 12.4. The highest BCUT2D eigenvalue weighted by Gasteiger charge is 2.29. The minimum atomic E-state index is -4.36. The van der Waals surface area contributed by atoms with Crippen LogP contribution in [0.2, 0.25) is 0 Å². The number of halogens is 3. The first-order valence-electron chi connectivity index (χ1n) is 6.50. The number of alkyl halides is 3. The Bertz CT molecular complexity index is 450. The van der Waals surface area contributed by atoms with Gasteiger partial charge in [-0.3, -0.25) is 4.79 Å².